The normalized spacial score (nSPS) is 14.3. The fraction of sp³-hybridized carbons (Fsp3) is 0.600. The van der Waals surface area contributed by atoms with Crippen LogP contribution < -0.4 is 0 Å². The molecule has 7 heteroatoms. The first-order valence-corrected chi connectivity index (χ1v) is 7.72. The van der Waals surface area contributed by atoms with Gasteiger partial charge in [0.2, 0.25) is 0 Å². The molecule has 0 aliphatic heterocycles. The number of esters is 1. The van der Waals surface area contributed by atoms with Crippen LogP contribution in [-0.4, -0.2) is 30.7 Å². The van der Waals surface area contributed by atoms with E-state index in [1.54, 1.807) is 4.68 Å². The van der Waals surface area contributed by atoms with Crippen LogP contribution >= 0.6 is 0 Å². The van der Waals surface area contributed by atoms with E-state index in [4.69, 9.17) is 4.74 Å². The van der Waals surface area contributed by atoms with Crippen LogP contribution in [-0.2, 0) is 17.9 Å². The van der Waals surface area contributed by atoms with Crippen molar-refractivity contribution in [1.82, 2.24) is 24.8 Å². The van der Waals surface area contributed by atoms with Gasteiger partial charge in [0.1, 0.15) is 0 Å². The SMILES string of the molecule is CCCn1nnnc1COC(=O)c1cc(C)n(C2CC2)c1C. The lowest BCUT2D eigenvalue weighted by molar-refractivity contribution is 0.0455. The van der Waals surface area contributed by atoms with E-state index in [1.807, 2.05) is 26.8 Å². The van der Waals surface area contributed by atoms with Gasteiger partial charge in [0.15, 0.2) is 12.4 Å². The molecule has 0 bridgehead atoms. The first-order valence-electron chi connectivity index (χ1n) is 7.72. The Morgan fingerprint density at radius 2 is 2.18 bits per heavy atom. The van der Waals surface area contributed by atoms with Crippen molar-refractivity contribution in [3.05, 3.63) is 28.8 Å². The van der Waals surface area contributed by atoms with Gasteiger partial charge in [-0.3, -0.25) is 0 Å². The molecule has 1 saturated carbocycles. The molecule has 7 nitrogen and oxygen atoms in total. The highest BCUT2D eigenvalue weighted by Gasteiger charge is 2.28. The molecule has 1 aliphatic rings. The number of carbonyl (C=O) groups is 1. The number of aromatic nitrogens is 5. The average Bonchev–Trinajstić information content (AvgIpc) is 3.14. The summed E-state index contributed by atoms with van der Waals surface area (Å²) >= 11 is 0. The summed E-state index contributed by atoms with van der Waals surface area (Å²) in [5.74, 6) is 0.261. The van der Waals surface area contributed by atoms with Crippen molar-refractivity contribution in [3.8, 4) is 0 Å². The quantitative estimate of drug-likeness (QED) is 0.765. The Bertz CT molecular complexity index is 684. The maximum Gasteiger partial charge on any atom is 0.340 e. The summed E-state index contributed by atoms with van der Waals surface area (Å²) in [6.07, 6.45) is 3.31. The topological polar surface area (TPSA) is 74.8 Å². The number of rotatable bonds is 6. The van der Waals surface area contributed by atoms with E-state index in [-0.39, 0.29) is 12.6 Å². The number of hydrogen-bond donors (Lipinski definition) is 0. The predicted molar refractivity (Wildman–Crippen MR) is 79.4 cm³/mol. The standard InChI is InChI=1S/C15H21N5O2/c1-4-7-19-14(16-17-18-19)9-22-15(21)13-8-10(2)20(11(13)3)12-5-6-12/h8,12H,4-7,9H2,1-3H3. The molecule has 118 valence electrons. The molecular weight excluding hydrogens is 282 g/mol. The van der Waals surface area contributed by atoms with Crippen molar-refractivity contribution in [2.75, 3.05) is 0 Å². The van der Waals surface area contributed by atoms with Gasteiger partial charge in [0.25, 0.3) is 0 Å². The number of carbonyl (C=O) groups excluding carboxylic acids is 1. The van der Waals surface area contributed by atoms with Crippen LogP contribution in [0.3, 0.4) is 0 Å². The summed E-state index contributed by atoms with van der Waals surface area (Å²) in [6.45, 7) is 6.87. The molecule has 0 spiro atoms. The molecule has 1 aliphatic carbocycles. The van der Waals surface area contributed by atoms with Gasteiger partial charge >= 0.3 is 5.97 Å². The second-order valence-electron chi connectivity index (χ2n) is 5.78. The van der Waals surface area contributed by atoms with Crippen molar-refractivity contribution >= 4 is 5.97 Å². The van der Waals surface area contributed by atoms with Gasteiger partial charge < -0.3 is 9.30 Å². The molecule has 1 fully saturated rings. The molecule has 2 aromatic heterocycles. The third-order valence-electron chi connectivity index (χ3n) is 3.99. The van der Waals surface area contributed by atoms with E-state index in [0.717, 1.165) is 24.4 Å². The van der Waals surface area contributed by atoms with Gasteiger partial charge in [-0.2, -0.15) is 0 Å². The highest BCUT2D eigenvalue weighted by atomic mass is 16.5. The summed E-state index contributed by atoms with van der Waals surface area (Å²) in [4.78, 5) is 12.3. The van der Waals surface area contributed by atoms with Crippen molar-refractivity contribution in [2.24, 2.45) is 0 Å². The second-order valence-corrected chi connectivity index (χ2v) is 5.78. The van der Waals surface area contributed by atoms with Crippen LogP contribution in [0.2, 0.25) is 0 Å². The lowest BCUT2D eigenvalue weighted by Crippen LogP contribution is -2.11. The third kappa shape index (κ3) is 2.75. The van der Waals surface area contributed by atoms with Crippen molar-refractivity contribution in [1.29, 1.82) is 0 Å². The van der Waals surface area contributed by atoms with Gasteiger partial charge in [0, 0.05) is 24.0 Å². The van der Waals surface area contributed by atoms with Gasteiger partial charge in [-0.1, -0.05) is 6.92 Å². The Kier molecular flexibility index (Phi) is 3.96. The zero-order valence-electron chi connectivity index (χ0n) is 13.2. The lowest BCUT2D eigenvalue weighted by atomic mass is 10.2. The number of tetrazole rings is 1. The second kappa shape index (κ2) is 5.90. The van der Waals surface area contributed by atoms with E-state index in [0.29, 0.717) is 17.4 Å². The van der Waals surface area contributed by atoms with Gasteiger partial charge in [-0.15, -0.1) is 5.10 Å². The first kappa shape index (κ1) is 14.7. The summed E-state index contributed by atoms with van der Waals surface area (Å²) in [7, 11) is 0. The Hall–Kier alpha value is -2.18. The summed E-state index contributed by atoms with van der Waals surface area (Å²) in [5.41, 5.74) is 2.74. The van der Waals surface area contributed by atoms with Crippen LogP contribution in [0.15, 0.2) is 6.07 Å². The number of ether oxygens (including phenoxy) is 1. The van der Waals surface area contributed by atoms with E-state index >= 15 is 0 Å². The van der Waals surface area contributed by atoms with Crippen LogP contribution in [0.4, 0.5) is 0 Å². The van der Waals surface area contributed by atoms with Gasteiger partial charge in [-0.25, -0.2) is 9.48 Å². The molecule has 0 unspecified atom stereocenters. The fourth-order valence-corrected chi connectivity index (χ4v) is 2.80. The van der Waals surface area contributed by atoms with Crippen LogP contribution in [0.25, 0.3) is 0 Å². The van der Waals surface area contributed by atoms with Crippen LogP contribution in [0.5, 0.6) is 0 Å². The zero-order chi connectivity index (χ0) is 15.7. The van der Waals surface area contributed by atoms with E-state index < -0.39 is 0 Å². The van der Waals surface area contributed by atoms with Crippen molar-refractivity contribution in [2.45, 2.75) is 59.2 Å². The van der Waals surface area contributed by atoms with Crippen LogP contribution in [0.1, 0.15) is 59.8 Å². The molecule has 0 N–H and O–H groups in total. The monoisotopic (exact) mass is 303 g/mol. The van der Waals surface area contributed by atoms with E-state index in [9.17, 15) is 4.79 Å². The van der Waals surface area contributed by atoms with E-state index in [2.05, 4.69) is 20.1 Å². The minimum atomic E-state index is -0.314. The summed E-state index contributed by atoms with van der Waals surface area (Å²) in [5, 5.41) is 11.4. The number of hydrogen-bond acceptors (Lipinski definition) is 5. The summed E-state index contributed by atoms with van der Waals surface area (Å²) < 4.78 is 9.29. The first-order chi connectivity index (χ1) is 10.6. The minimum absolute atomic E-state index is 0.0962. The summed E-state index contributed by atoms with van der Waals surface area (Å²) in [6, 6.07) is 2.46. The smallest absolute Gasteiger partial charge is 0.340 e. The molecule has 22 heavy (non-hydrogen) atoms. The van der Waals surface area contributed by atoms with Crippen LogP contribution in [0, 0.1) is 13.8 Å². The maximum atomic E-state index is 12.3. The van der Waals surface area contributed by atoms with Crippen molar-refractivity contribution in [3.63, 3.8) is 0 Å². The molecule has 0 amide bonds. The number of aryl methyl sites for hydroxylation is 2. The highest BCUT2D eigenvalue weighted by Crippen LogP contribution is 2.38. The minimum Gasteiger partial charge on any atom is -0.454 e. The molecule has 0 atom stereocenters. The predicted octanol–water partition coefficient (Wildman–Crippen LogP) is 2.19. The lowest BCUT2D eigenvalue weighted by Gasteiger charge is -2.08. The fourth-order valence-electron chi connectivity index (χ4n) is 2.80. The largest absolute Gasteiger partial charge is 0.454 e. The molecule has 0 radical (unpaired) electrons. The highest BCUT2D eigenvalue weighted by molar-refractivity contribution is 5.91. The molecule has 2 heterocycles. The Labute approximate surface area is 129 Å². The van der Waals surface area contributed by atoms with E-state index in [1.165, 1.54) is 12.8 Å². The Balaban J connectivity index is 1.69. The van der Waals surface area contributed by atoms with Gasteiger partial charge in [0.05, 0.1) is 5.56 Å². The molecule has 0 aromatic carbocycles. The molecule has 3 rings (SSSR count). The maximum absolute atomic E-state index is 12.3. The average molecular weight is 303 g/mol. The zero-order valence-corrected chi connectivity index (χ0v) is 13.2. The molecular formula is C15H21N5O2. The third-order valence-corrected chi connectivity index (χ3v) is 3.99. The van der Waals surface area contributed by atoms with Crippen molar-refractivity contribution < 1.29 is 9.53 Å². The Morgan fingerprint density at radius 1 is 1.41 bits per heavy atom. The molecule has 0 saturated heterocycles. The van der Waals surface area contributed by atoms with Gasteiger partial charge in [-0.05, 0) is 49.6 Å². The number of nitrogens with zero attached hydrogens (tertiary/aromatic N) is 5. The molecule has 2 aromatic rings. The Morgan fingerprint density at radius 3 is 2.86 bits per heavy atom.